The fraction of sp³-hybridized carbons (Fsp3) is 0.941. The summed E-state index contributed by atoms with van der Waals surface area (Å²) in [6.45, 7) is 8.24. The Balaban J connectivity index is 1.76. The zero-order valence-electron chi connectivity index (χ0n) is 13.9. The minimum Gasteiger partial charge on any atom is -0.377 e. The van der Waals surface area contributed by atoms with Gasteiger partial charge in [0.05, 0.1) is 6.10 Å². The molecule has 2 atom stereocenters. The van der Waals surface area contributed by atoms with E-state index in [0.717, 1.165) is 38.8 Å². The second-order valence-electron chi connectivity index (χ2n) is 7.75. The maximum Gasteiger partial charge on any atom is 0.315 e. The standard InChI is InChI=1S/C17H32N2O2/c1-17(2,3)15-13(8-7-11-21-15)12-18-16(20)19-14-9-5-4-6-10-14/h13-15H,4-12H2,1-3H3,(H2,18,19,20). The van der Waals surface area contributed by atoms with Crippen LogP contribution < -0.4 is 10.6 Å². The Labute approximate surface area is 129 Å². The lowest BCUT2D eigenvalue weighted by atomic mass is 9.78. The van der Waals surface area contributed by atoms with Crippen molar-refractivity contribution in [2.24, 2.45) is 11.3 Å². The number of rotatable bonds is 3. The van der Waals surface area contributed by atoms with E-state index in [2.05, 4.69) is 31.4 Å². The van der Waals surface area contributed by atoms with Crippen LogP contribution in [0.5, 0.6) is 0 Å². The van der Waals surface area contributed by atoms with E-state index in [1.165, 1.54) is 19.3 Å². The van der Waals surface area contributed by atoms with Crippen molar-refractivity contribution in [3.05, 3.63) is 0 Å². The minimum atomic E-state index is 0.000123. The highest BCUT2D eigenvalue weighted by atomic mass is 16.5. The summed E-state index contributed by atoms with van der Waals surface area (Å²) in [6.07, 6.45) is 8.54. The Morgan fingerprint density at radius 3 is 2.48 bits per heavy atom. The SMILES string of the molecule is CC(C)(C)C1OCCCC1CNC(=O)NC1CCCCC1. The molecule has 0 aromatic carbocycles. The van der Waals surface area contributed by atoms with Crippen LogP contribution in [-0.4, -0.2) is 31.3 Å². The molecular weight excluding hydrogens is 264 g/mol. The van der Waals surface area contributed by atoms with Crippen LogP contribution >= 0.6 is 0 Å². The number of carbonyl (C=O) groups is 1. The Hall–Kier alpha value is -0.770. The molecule has 0 aromatic rings. The van der Waals surface area contributed by atoms with Gasteiger partial charge in [0, 0.05) is 25.1 Å². The lowest BCUT2D eigenvalue weighted by molar-refractivity contribution is -0.0838. The van der Waals surface area contributed by atoms with E-state index in [-0.39, 0.29) is 17.6 Å². The maximum absolute atomic E-state index is 12.0. The molecule has 2 rings (SSSR count). The van der Waals surface area contributed by atoms with E-state index < -0.39 is 0 Å². The fourth-order valence-corrected chi connectivity index (χ4v) is 3.72. The minimum absolute atomic E-state index is 0.000123. The Morgan fingerprint density at radius 1 is 1.10 bits per heavy atom. The summed E-state index contributed by atoms with van der Waals surface area (Å²) >= 11 is 0. The molecule has 1 heterocycles. The number of hydrogen-bond acceptors (Lipinski definition) is 2. The third kappa shape index (κ3) is 5.17. The van der Waals surface area contributed by atoms with Crippen LogP contribution in [0.4, 0.5) is 4.79 Å². The molecule has 2 unspecified atom stereocenters. The lowest BCUT2D eigenvalue weighted by Crippen LogP contribution is -2.48. The van der Waals surface area contributed by atoms with Crippen molar-refractivity contribution in [3.63, 3.8) is 0 Å². The van der Waals surface area contributed by atoms with Crippen LogP contribution in [0.2, 0.25) is 0 Å². The van der Waals surface area contributed by atoms with Gasteiger partial charge in [0.15, 0.2) is 0 Å². The molecule has 1 saturated heterocycles. The van der Waals surface area contributed by atoms with Crippen molar-refractivity contribution < 1.29 is 9.53 Å². The lowest BCUT2D eigenvalue weighted by Gasteiger charge is -2.40. The summed E-state index contributed by atoms with van der Waals surface area (Å²) in [5.74, 6) is 0.427. The molecule has 2 aliphatic rings. The van der Waals surface area contributed by atoms with Crippen molar-refractivity contribution in [1.82, 2.24) is 10.6 Å². The number of hydrogen-bond donors (Lipinski definition) is 2. The molecule has 21 heavy (non-hydrogen) atoms. The van der Waals surface area contributed by atoms with Crippen LogP contribution in [0.25, 0.3) is 0 Å². The molecule has 0 bridgehead atoms. The first-order chi connectivity index (χ1) is 9.97. The average molecular weight is 296 g/mol. The van der Waals surface area contributed by atoms with Crippen LogP contribution in [0.15, 0.2) is 0 Å². The van der Waals surface area contributed by atoms with E-state index >= 15 is 0 Å². The highest BCUT2D eigenvalue weighted by molar-refractivity contribution is 5.74. The molecule has 1 saturated carbocycles. The molecular formula is C17H32N2O2. The Morgan fingerprint density at radius 2 is 1.81 bits per heavy atom. The van der Waals surface area contributed by atoms with Gasteiger partial charge in [-0.2, -0.15) is 0 Å². The van der Waals surface area contributed by atoms with E-state index in [4.69, 9.17) is 4.74 Å². The average Bonchev–Trinajstić information content (AvgIpc) is 2.45. The molecule has 2 amide bonds. The molecule has 0 radical (unpaired) electrons. The van der Waals surface area contributed by atoms with Gasteiger partial charge in [-0.25, -0.2) is 4.79 Å². The van der Waals surface area contributed by atoms with Gasteiger partial charge < -0.3 is 15.4 Å². The zero-order chi connectivity index (χ0) is 15.3. The third-order valence-corrected chi connectivity index (χ3v) is 4.76. The van der Waals surface area contributed by atoms with E-state index in [1.54, 1.807) is 0 Å². The van der Waals surface area contributed by atoms with Crippen molar-refractivity contribution in [2.75, 3.05) is 13.2 Å². The largest absolute Gasteiger partial charge is 0.377 e. The first-order valence-electron chi connectivity index (χ1n) is 8.63. The van der Waals surface area contributed by atoms with Gasteiger partial charge in [-0.1, -0.05) is 40.0 Å². The summed E-state index contributed by atoms with van der Waals surface area (Å²) in [5, 5.41) is 6.19. The zero-order valence-corrected chi connectivity index (χ0v) is 13.9. The summed E-state index contributed by atoms with van der Waals surface area (Å²) in [4.78, 5) is 12.0. The molecule has 2 N–H and O–H groups in total. The molecule has 1 aliphatic carbocycles. The second-order valence-corrected chi connectivity index (χ2v) is 7.75. The van der Waals surface area contributed by atoms with Crippen molar-refractivity contribution >= 4 is 6.03 Å². The molecule has 0 spiro atoms. The van der Waals surface area contributed by atoms with Gasteiger partial charge in [-0.05, 0) is 31.1 Å². The summed E-state index contributed by atoms with van der Waals surface area (Å²) in [5.41, 5.74) is 0.132. The second kappa shape index (κ2) is 7.48. The molecule has 1 aliphatic heterocycles. The van der Waals surface area contributed by atoms with E-state index in [1.807, 2.05) is 0 Å². The highest BCUT2D eigenvalue weighted by Gasteiger charge is 2.35. The molecule has 4 nitrogen and oxygen atoms in total. The number of urea groups is 1. The number of carbonyl (C=O) groups excluding carboxylic acids is 1. The van der Waals surface area contributed by atoms with Crippen molar-refractivity contribution in [1.29, 1.82) is 0 Å². The molecule has 122 valence electrons. The summed E-state index contributed by atoms with van der Waals surface area (Å²) < 4.78 is 5.97. The normalized spacial score (nSPS) is 28.1. The summed E-state index contributed by atoms with van der Waals surface area (Å²) in [6, 6.07) is 0.375. The van der Waals surface area contributed by atoms with E-state index in [9.17, 15) is 4.79 Å². The predicted molar refractivity (Wildman–Crippen MR) is 85.3 cm³/mol. The van der Waals surface area contributed by atoms with Crippen LogP contribution in [-0.2, 0) is 4.74 Å². The van der Waals surface area contributed by atoms with Gasteiger partial charge in [0.2, 0.25) is 0 Å². The van der Waals surface area contributed by atoms with Gasteiger partial charge in [-0.15, -0.1) is 0 Å². The smallest absolute Gasteiger partial charge is 0.315 e. The van der Waals surface area contributed by atoms with Crippen LogP contribution in [0.1, 0.15) is 65.7 Å². The topological polar surface area (TPSA) is 50.4 Å². The third-order valence-electron chi connectivity index (χ3n) is 4.76. The predicted octanol–water partition coefficient (Wildman–Crippen LogP) is 3.46. The maximum atomic E-state index is 12.0. The highest BCUT2D eigenvalue weighted by Crippen LogP contribution is 2.33. The number of amides is 2. The molecule has 4 heteroatoms. The van der Waals surface area contributed by atoms with Crippen molar-refractivity contribution in [2.45, 2.75) is 77.9 Å². The molecule has 0 aromatic heterocycles. The number of nitrogens with one attached hydrogen (secondary N) is 2. The first kappa shape index (κ1) is 16.6. The van der Waals surface area contributed by atoms with Crippen LogP contribution in [0.3, 0.4) is 0 Å². The Bertz CT molecular complexity index is 332. The quantitative estimate of drug-likeness (QED) is 0.838. The fourth-order valence-electron chi connectivity index (χ4n) is 3.72. The summed E-state index contributed by atoms with van der Waals surface area (Å²) in [7, 11) is 0. The van der Waals surface area contributed by atoms with Gasteiger partial charge >= 0.3 is 6.03 Å². The van der Waals surface area contributed by atoms with Gasteiger partial charge in [0.1, 0.15) is 0 Å². The number of ether oxygens (including phenoxy) is 1. The monoisotopic (exact) mass is 296 g/mol. The van der Waals surface area contributed by atoms with Gasteiger partial charge in [0.25, 0.3) is 0 Å². The van der Waals surface area contributed by atoms with E-state index in [0.29, 0.717) is 12.0 Å². The van der Waals surface area contributed by atoms with Crippen molar-refractivity contribution in [3.8, 4) is 0 Å². The van der Waals surface area contributed by atoms with Crippen LogP contribution in [0, 0.1) is 11.3 Å². The Kier molecular flexibility index (Phi) is 5.91. The molecule has 2 fully saturated rings. The van der Waals surface area contributed by atoms with Gasteiger partial charge in [-0.3, -0.25) is 0 Å². The first-order valence-corrected chi connectivity index (χ1v) is 8.63.